The number of anilines is 2. The monoisotopic (exact) mass is 438 g/mol. The minimum absolute atomic E-state index is 0.0412. The summed E-state index contributed by atoms with van der Waals surface area (Å²) in [5, 5.41) is 8.98. The summed E-state index contributed by atoms with van der Waals surface area (Å²) in [6.07, 6.45) is -1.63. The molecule has 0 saturated heterocycles. The highest BCUT2D eigenvalue weighted by molar-refractivity contribution is 5.78. The van der Waals surface area contributed by atoms with Crippen molar-refractivity contribution in [3.63, 3.8) is 0 Å². The standard InChI is InChI=1S/C20H25F3N6O2/c1-12-26-18(24-2)29-19(27-12)28-15-7-4-6-14(10-15)17(30)25-11-13-5-3-8-16(9-13)31-20(21,22)23/h3,5,8-9,14-15H,4,6-7,10-11H2,1-2H3,(H,25,30)(H2,24,26,27,28,29)/t14-,15+/m0/s1. The predicted octanol–water partition coefficient (Wildman–Crippen LogP) is 3.41. The van der Waals surface area contributed by atoms with Crippen molar-refractivity contribution in [3.8, 4) is 5.75 Å². The fourth-order valence-electron chi connectivity index (χ4n) is 3.59. The minimum atomic E-state index is -4.75. The van der Waals surface area contributed by atoms with Gasteiger partial charge in [0, 0.05) is 25.6 Å². The number of nitrogens with one attached hydrogen (secondary N) is 3. The summed E-state index contributed by atoms with van der Waals surface area (Å²) in [4.78, 5) is 25.4. The SMILES string of the molecule is CNc1nc(C)nc(N[C@@H]2CCC[C@H](C(=O)NCc3cccc(OC(F)(F)F)c3)C2)n1. The molecule has 0 unspecified atom stereocenters. The summed E-state index contributed by atoms with van der Waals surface area (Å²) >= 11 is 0. The molecule has 1 aromatic carbocycles. The van der Waals surface area contributed by atoms with Gasteiger partial charge in [-0.3, -0.25) is 4.79 Å². The van der Waals surface area contributed by atoms with Gasteiger partial charge in [0.1, 0.15) is 11.6 Å². The van der Waals surface area contributed by atoms with E-state index in [9.17, 15) is 18.0 Å². The Morgan fingerprint density at radius 3 is 2.71 bits per heavy atom. The Kier molecular flexibility index (Phi) is 7.13. The molecule has 3 N–H and O–H groups in total. The lowest BCUT2D eigenvalue weighted by molar-refractivity contribution is -0.274. The van der Waals surface area contributed by atoms with Gasteiger partial charge in [0.05, 0.1) is 0 Å². The van der Waals surface area contributed by atoms with Gasteiger partial charge in [0.2, 0.25) is 17.8 Å². The Bertz CT molecular complexity index is 909. The zero-order valence-corrected chi connectivity index (χ0v) is 17.3. The number of amides is 1. The molecule has 1 fully saturated rings. The summed E-state index contributed by atoms with van der Waals surface area (Å²) in [5.41, 5.74) is 0.529. The molecule has 0 spiro atoms. The number of aromatic nitrogens is 3. The molecule has 1 saturated carbocycles. The molecule has 1 heterocycles. The van der Waals surface area contributed by atoms with Crippen molar-refractivity contribution in [2.75, 3.05) is 17.7 Å². The Hall–Kier alpha value is -3.11. The molecule has 2 aromatic rings. The van der Waals surface area contributed by atoms with E-state index in [0.29, 0.717) is 29.7 Å². The number of hydrogen-bond donors (Lipinski definition) is 3. The molecular weight excluding hydrogens is 413 g/mol. The van der Waals surface area contributed by atoms with Crippen molar-refractivity contribution >= 4 is 17.8 Å². The molecular formula is C20H25F3N6O2. The van der Waals surface area contributed by atoms with Crippen LogP contribution in [0.1, 0.15) is 37.1 Å². The molecule has 1 aromatic heterocycles. The van der Waals surface area contributed by atoms with Crippen molar-refractivity contribution in [1.29, 1.82) is 0 Å². The van der Waals surface area contributed by atoms with Crippen LogP contribution in [-0.2, 0) is 11.3 Å². The fraction of sp³-hybridized carbons (Fsp3) is 0.500. The van der Waals surface area contributed by atoms with Crippen molar-refractivity contribution in [3.05, 3.63) is 35.7 Å². The fourth-order valence-corrected chi connectivity index (χ4v) is 3.59. The average Bonchev–Trinajstić information content (AvgIpc) is 2.70. The van der Waals surface area contributed by atoms with Crippen LogP contribution in [0.2, 0.25) is 0 Å². The topological polar surface area (TPSA) is 101 Å². The van der Waals surface area contributed by atoms with Gasteiger partial charge in [-0.1, -0.05) is 18.6 Å². The highest BCUT2D eigenvalue weighted by Crippen LogP contribution is 2.27. The van der Waals surface area contributed by atoms with Crippen LogP contribution < -0.4 is 20.7 Å². The van der Waals surface area contributed by atoms with Crippen LogP contribution in [0.4, 0.5) is 25.1 Å². The first kappa shape index (κ1) is 22.6. The molecule has 11 heteroatoms. The van der Waals surface area contributed by atoms with Gasteiger partial charge in [-0.15, -0.1) is 13.2 Å². The van der Waals surface area contributed by atoms with Gasteiger partial charge >= 0.3 is 6.36 Å². The maximum absolute atomic E-state index is 12.6. The maximum Gasteiger partial charge on any atom is 0.573 e. The average molecular weight is 438 g/mol. The van der Waals surface area contributed by atoms with E-state index in [0.717, 1.165) is 19.3 Å². The Balaban J connectivity index is 1.54. The van der Waals surface area contributed by atoms with Crippen LogP contribution in [0.5, 0.6) is 5.75 Å². The molecule has 8 nitrogen and oxygen atoms in total. The predicted molar refractivity (Wildman–Crippen MR) is 108 cm³/mol. The van der Waals surface area contributed by atoms with Gasteiger partial charge in [0.15, 0.2) is 0 Å². The molecule has 31 heavy (non-hydrogen) atoms. The second kappa shape index (κ2) is 9.80. The Labute approximate surface area is 178 Å². The number of nitrogens with zero attached hydrogens (tertiary/aromatic N) is 3. The van der Waals surface area contributed by atoms with E-state index in [2.05, 4.69) is 35.6 Å². The summed E-state index contributed by atoms with van der Waals surface area (Å²) in [6.45, 7) is 1.90. The minimum Gasteiger partial charge on any atom is -0.406 e. The third kappa shape index (κ3) is 6.97. The number of halogens is 3. The van der Waals surface area contributed by atoms with Crippen LogP contribution in [0.25, 0.3) is 0 Å². The zero-order valence-electron chi connectivity index (χ0n) is 17.3. The van der Waals surface area contributed by atoms with E-state index < -0.39 is 6.36 Å². The lowest BCUT2D eigenvalue weighted by atomic mass is 9.85. The normalized spacial score (nSPS) is 18.9. The van der Waals surface area contributed by atoms with E-state index in [4.69, 9.17) is 0 Å². The number of ether oxygens (including phenoxy) is 1. The molecule has 0 aliphatic heterocycles. The molecule has 3 rings (SSSR count). The molecule has 1 aliphatic rings. The number of alkyl halides is 3. The third-order valence-electron chi connectivity index (χ3n) is 4.95. The van der Waals surface area contributed by atoms with Crippen molar-refractivity contribution in [2.24, 2.45) is 5.92 Å². The van der Waals surface area contributed by atoms with E-state index in [1.54, 1.807) is 20.0 Å². The second-order valence-corrected chi connectivity index (χ2v) is 7.40. The summed E-state index contributed by atoms with van der Waals surface area (Å²) in [7, 11) is 1.73. The first-order valence-electron chi connectivity index (χ1n) is 10.0. The second-order valence-electron chi connectivity index (χ2n) is 7.40. The third-order valence-corrected chi connectivity index (χ3v) is 4.95. The highest BCUT2D eigenvalue weighted by Gasteiger charge is 2.31. The van der Waals surface area contributed by atoms with Gasteiger partial charge < -0.3 is 20.7 Å². The zero-order chi connectivity index (χ0) is 22.4. The molecule has 2 atom stereocenters. The van der Waals surface area contributed by atoms with E-state index in [1.165, 1.54) is 18.2 Å². The first-order valence-corrected chi connectivity index (χ1v) is 10.0. The van der Waals surface area contributed by atoms with Crippen molar-refractivity contribution in [2.45, 2.75) is 51.6 Å². The number of aryl methyl sites for hydroxylation is 1. The number of rotatable bonds is 7. The van der Waals surface area contributed by atoms with Crippen LogP contribution in [0.15, 0.2) is 24.3 Å². The lowest BCUT2D eigenvalue weighted by Gasteiger charge is -2.29. The lowest BCUT2D eigenvalue weighted by Crippen LogP contribution is -2.37. The number of carbonyl (C=O) groups is 1. The Morgan fingerprint density at radius 1 is 1.19 bits per heavy atom. The first-order chi connectivity index (χ1) is 14.7. The highest BCUT2D eigenvalue weighted by atomic mass is 19.4. The van der Waals surface area contributed by atoms with Crippen LogP contribution >= 0.6 is 0 Å². The molecule has 0 bridgehead atoms. The molecule has 1 amide bonds. The number of hydrogen-bond acceptors (Lipinski definition) is 7. The molecule has 168 valence electrons. The van der Waals surface area contributed by atoms with Gasteiger partial charge in [-0.2, -0.15) is 15.0 Å². The Morgan fingerprint density at radius 2 is 1.97 bits per heavy atom. The van der Waals surface area contributed by atoms with Crippen LogP contribution in [-0.4, -0.2) is 40.3 Å². The summed E-state index contributed by atoms with van der Waals surface area (Å²) in [6, 6.07) is 5.62. The number of benzene rings is 1. The summed E-state index contributed by atoms with van der Waals surface area (Å²) in [5.74, 6) is 0.878. The van der Waals surface area contributed by atoms with Gasteiger partial charge in [0.25, 0.3) is 0 Å². The van der Waals surface area contributed by atoms with Gasteiger partial charge in [-0.05, 0) is 43.9 Å². The number of carbonyl (C=O) groups excluding carboxylic acids is 1. The smallest absolute Gasteiger partial charge is 0.406 e. The van der Waals surface area contributed by atoms with E-state index >= 15 is 0 Å². The van der Waals surface area contributed by atoms with E-state index in [1.807, 2.05) is 0 Å². The van der Waals surface area contributed by atoms with Crippen LogP contribution in [0, 0.1) is 12.8 Å². The molecule has 1 aliphatic carbocycles. The summed E-state index contributed by atoms with van der Waals surface area (Å²) < 4.78 is 41.0. The quantitative estimate of drug-likeness (QED) is 0.609. The van der Waals surface area contributed by atoms with Crippen molar-refractivity contribution in [1.82, 2.24) is 20.3 Å². The largest absolute Gasteiger partial charge is 0.573 e. The van der Waals surface area contributed by atoms with E-state index in [-0.39, 0.29) is 30.2 Å². The maximum atomic E-state index is 12.6. The van der Waals surface area contributed by atoms with Gasteiger partial charge in [-0.25, -0.2) is 0 Å². The molecule has 0 radical (unpaired) electrons. The van der Waals surface area contributed by atoms with Crippen molar-refractivity contribution < 1.29 is 22.7 Å². The van der Waals surface area contributed by atoms with Crippen LogP contribution in [0.3, 0.4) is 0 Å².